The van der Waals surface area contributed by atoms with E-state index >= 15 is 0 Å². The van der Waals surface area contributed by atoms with Crippen molar-refractivity contribution in [3.05, 3.63) is 5.82 Å². The van der Waals surface area contributed by atoms with Gasteiger partial charge in [0.2, 0.25) is 5.91 Å². The molecule has 150 valence electrons. The first-order chi connectivity index (χ1) is 13.2. The molecular formula is C20H34N6O. The molecule has 1 atom stereocenters. The van der Waals surface area contributed by atoms with Gasteiger partial charge in [0.05, 0.1) is 11.6 Å². The van der Waals surface area contributed by atoms with E-state index in [0.717, 1.165) is 38.1 Å². The van der Waals surface area contributed by atoms with Crippen LogP contribution in [-0.2, 0) is 10.3 Å². The SMILES string of the molecule is CCC(=O)N1CCCC(NC2CCCCC2)(c2nnnn2C2CCCC2)C1. The van der Waals surface area contributed by atoms with Gasteiger partial charge in [-0.15, -0.1) is 5.10 Å². The van der Waals surface area contributed by atoms with Crippen molar-refractivity contribution in [1.82, 2.24) is 30.4 Å². The van der Waals surface area contributed by atoms with Crippen LogP contribution in [0.1, 0.15) is 95.8 Å². The first kappa shape index (κ1) is 18.8. The Morgan fingerprint density at radius 2 is 1.85 bits per heavy atom. The summed E-state index contributed by atoms with van der Waals surface area (Å²) in [4.78, 5) is 14.5. The Morgan fingerprint density at radius 3 is 2.59 bits per heavy atom. The van der Waals surface area contributed by atoms with Crippen molar-refractivity contribution < 1.29 is 4.79 Å². The number of aromatic nitrogens is 4. The van der Waals surface area contributed by atoms with Crippen molar-refractivity contribution in [3.8, 4) is 0 Å². The minimum Gasteiger partial charge on any atom is -0.340 e. The predicted molar refractivity (Wildman–Crippen MR) is 103 cm³/mol. The van der Waals surface area contributed by atoms with Gasteiger partial charge in [-0.3, -0.25) is 4.79 Å². The zero-order valence-electron chi connectivity index (χ0n) is 16.7. The number of carbonyl (C=O) groups is 1. The zero-order valence-corrected chi connectivity index (χ0v) is 16.7. The molecule has 7 heteroatoms. The van der Waals surface area contributed by atoms with Crippen molar-refractivity contribution in [1.29, 1.82) is 0 Å². The fourth-order valence-electron chi connectivity index (χ4n) is 5.40. The van der Waals surface area contributed by atoms with Gasteiger partial charge in [0, 0.05) is 25.6 Å². The largest absolute Gasteiger partial charge is 0.340 e. The maximum Gasteiger partial charge on any atom is 0.222 e. The van der Waals surface area contributed by atoms with E-state index in [1.54, 1.807) is 0 Å². The molecule has 2 heterocycles. The smallest absolute Gasteiger partial charge is 0.222 e. The number of carbonyl (C=O) groups excluding carboxylic acids is 1. The highest BCUT2D eigenvalue weighted by atomic mass is 16.2. The van der Waals surface area contributed by atoms with E-state index in [-0.39, 0.29) is 11.4 Å². The Kier molecular flexibility index (Phi) is 5.76. The molecule has 1 saturated heterocycles. The fourth-order valence-corrected chi connectivity index (χ4v) is 5.40. The molecule has 0 aromatic carbocycles. The molecule has 3 aliphatic rings. The third-order valence-corrected chi connectivity index (χ3v) is 6.82. The number of amides is 1. The number of nitrogens with one attached hydrogen (secondary N) is 1. The highest BCUT2D eigenvalue weighted by Gasteiger charge is 2.45. The number of likely N-dealkylation sites (tertiary alicyclic amines) is 1. The summed E-state index contributed by atoms with van der Waals surface area (Å²) in [7, 11) is 0. The van der Waals surface area contributed by atoms with E-state index in [2.05, 4.69) is 25.5 Å². The predicted octanol–water partition coefficient (Wildman–Crippen LogP) is 2.94. The molecule has 3 fully saturated rings. The molecule has 0 bridgehead atoms. The molecule has 1 aliphatic heterocycles. The normalized spacial score (nSPS) is 28.0. The standard InChI is InChI=1S/C20H34N6O/c1-2-18(27)25-14-8-13-20(15-25,21-16-9-4-3-5-10-16)19-22-23-24-26(19)17-11-6-7-12-17/h16-17,21H,2-15H2,1H3. The van der Waals surface area contributed by atoms with E-state index in [1.165, 1.54) is 44.9 Å². The number of nitrogens with zero attached hydrogens (tertiary/aromatic N) is 5. The third-order valence-electron chi connectivity index (χ3n) is 6.82. The van der Waals surface area contributed by atoms with Crippen molar-refractivity contribution in [2.24, 2.45) is 0 Å². The van der Waals surface area contributed by atoms with Crippen LogP contribution in [0.4, 0.5) is 0 Å². The quantitative estimate of drug-likeness (QED) is 0.857. The monoisotopic (exact) mass is 374 g/mol. The number of hydrogen-bond acceptors (Lipinski definition) is 5. The van der Waals surface area contributed by atoms with Crippen LogP contribution in [-0.4, -0.2) is 50.1 Å². The number of piperidine rings is 1. The molecule has 7 nitrogen and oxygen atoms in total. The summed E-state index contributed by atoms with van der Waals surface area (Å²) in [5.41, 5.74) is -0.308. The summed E-state index contributed by atoms with van der Waals surface area (Å²) >= 11 is 0. The van der Waals surface area contributed by atoms with E-state index in [9.17, 15) is 4.79 Å². The minimum absolute atomic E-state index is 0.240. The highest BCUT2D eigenvalue weighted by molar-refractivity contribution is 5.76. The van der Waals surface area contributed by atoms with Gasteiger partial charge in [0.15, 0.2) is 5.82 Å². The second-order valence-electron chi connectivity index (χ2n) is 8.72. The van der Waals surface area contributed by atoms with Gasteiger partial charge in [-0.05, 0) is 49.0 Å². The minimum atomic E-state index is -0.308. The molecule has 1 unspecified atom stereocenters. The summed E-state index contributed by atoms with van der Waals surface area (Å²) in [5, 5.41) is 17.0. The van der Waals surface area contributed by atoms with Gasteiger partial charge < -0.3 is 10.2 Å². The Bertz CT molecular complexity index is 634. The van der Waals surface area contributed by atoms with E-state index in [0.29, 0.717) is 25.0 Å². The van der Waals surface area contributed by atoms with Crippen LogP contribution in [0.25, 0.3) is 0 Å². The molecule has 1 aromatic heterocycles. The lowest BCUT2D eigenvalue weighted by Gasteiger charge is -2.45. The van der Waals surface area contributed by atoms with Crippen molar-refractivity contribution >= 4 is 5.91 Å². The van der Waals surface area contributed by atoms with Crippen LogP contribution in [0.2, 0.25) is 0 Å². The summed E-state index contributed by atoms with van der Waals surface area (Å²) < 4.78 is 2.10. The van der Waals surface area contributed by atoms with Gasteiger partial charge in [-0.2, -0.15) is 0 Å². The molecule has 0 spiro atoms. The van der Waals surface area contributed by atoms with Crippen molar-refractivity contribution in [2.45, 2.75) is 102 Å². The number of tetrazole rings is 1. The molecule has 1 aromatic rings. The first-order valence-electron chi connectivity index (χ1n) is 11.1. The lowest BCUT2D eigenvalue weighted by atomic mass is 9.84. The molecule has 1 amide bonds. The van der Waals surface area contributed by atoms with E-state index in [1.807, 2.05) is 11.8 Å². The topological polar surface area (TPSA) is 75.9 Å². The molecule has 2 saturated carbocycles. The van der Waals surface area contributed by atoms with Crippen molar-refractivity contribution in [2.75, 3.05) is 13.1 Å². The van der Waals surface area contributed by atoms with Crippen LogP contribution in [0.15, 0.2) is 0 Å². The first-order valence-corrected chi connectivity index (χ1v) is 11.1. The number of rotatable bonds is 5. The lowest BCUT2D eigenvalue weighted by molar-refractivity contribution is -0.133. The maximum atomic E-state index is 12.5. The Labute approximate surface area is 162 Å². The summed E-state index contributed by atoms with van der Waals surface area (Å²) in [6.07, 6.45) is 13.8. The highest BCUT2D eigenvalue weighted by Crippen LogP contribution is 2.37. The van der Waals surface area contributed by atoms with Crippen LogP contribution in [0.3, 0.4) is 0 Å². The van der Waals surface area contributed by atoms with Crippen LogP contribution in [0.5, 0.6) is 0 Å². The van der Waals surface area contributed by atoms with Gasteiger partial charge >= 0.3 is 0 Å². The van der Waals surface area contributed by atoms with E-state index in [4.69, 9.17) is 0 Å². The molecule has 2 aliphatic carbocycles. The number of hydrogen-bond donors (Lipinski definition) is 1. The third kappa shape index (κ3) is 3.89. The van der Waals surface area contributed by atoms with Crippen LogP contribution in [0, 0.1) is 0 Å². The van der Waals surface area contributed by atoms with E-state index < -0.39 is 0 Å². The van der Waals surface area contributed by atoms with Crippen LogP contribution < -0.4 is 5.32 Å². The lowest BCUT2D eigenvalue weighted by Crippen LogP contribution is -2.60. The second kappa shape index (κ2) is 8.25. The van der Waals surface area contributed by atoms with Crippen molar-refractivity contribution in [3.63, 3.8) is 0 Å². The Morgan fingerprint density at radius 1 is 1.11 bits per heavy atom. The van der Waals surface area contributed by atoms with Crippen LogP contribution >= 0.6 is 0 Å². The van der Waals surface area contributed by atoms with Gasteiger partial charge in [-0.1, -0.05) is 39.0 Å². The molecule has 27 heavy (non-hydrogen) atoms. The molecule has 4 rings (SSSR count). The zero-order chi connectivity index (χ0) is 18.7. The van der Waals surface area contributed by atoms with Gasteiger partial charge in [0.25, 0.3) is 0 Å². The molecule has 1 N–H and O–H groups in total. The fraction of sp³-hybridized carbons (Fsp3) is 0.900. The Hall–Kier alpha value is -1.50. The summed E-state index contributed by atoms with van der Waals surface area (Å²) in [6, 6.07) is 0.918. The average molecular weight is 375 g/mol. The second-order valence-corrected chi connectivity index (χ2v) is 8.72. The van der Waals surface area contributed by atoms with Gasteiger partial charge in [0.1, 0.15) is 0 Å². The Balaban J connectivity index is 1.65. The molecule has 0 radical (unpaired) electrons. The summed E-state index contributed by atoms with van der Waals surface area (Å²) in [6.45, 7) is 3.50. The van der Waals surface area contributed by atoms with Gasteiger partial charge in [-0.25, -0.2) is 4.68 Å². The molecular weight excluding hydrogens is 340 g/mol. The average Bonchev–Trinajstić information content (AvgIpc) is 3.40. The summed E-state index contributed by atoms with van der Waals surface area (Å²) in [5.74, 6) is 1.21. The maximum absolute atomic E-state index is 12.5.